The normalized spacial score (nSPS) is 11.1. The number of aryl methyl sites for hydroxylation is 1. The first-order valence-corrected chi connectivity index (χ1v) is 8.52. The summed E-state index contributed by atoms with van der Waals surface area (Å²) in [6.45, 7) is 2.20. The predicted octanol–water partition coefficient (Wildman–Crippen LogP) is 0.532. The fourth-order valence-corrected chi connectivity index (χ4v) is 2.71. The average Bonchev–Trinajstić information content (AvgIpc) is 2.44. The van der Waals surface area contributed by atoms with Crippen LogP contribution < -0.4 is 14.4 Å². The third kappa shape index (κ3) is 5.19. The minimum Gasteiger partial charge on any atom is -0.495 e. The van der Waals surface area contributed by atoms with Gasteiger partial charge >= 0.3 is 0 Å². The van der Waals surface area contributed by atoms with Gasteiger partial charge in [-0.25, -0.2) is 8.42 Å². The molecule has 0 aromatic heterocycles. The van der Waals surface area contributed by atoms with Crippen LogP contribution in [0.2, 0.25) is 0 Å². The van der Waals surface area contributed by atoms with E-state index in [4.69, 9.17) is 9.47 Å². The third-order valence-corrected chi connectivity index (χ3v) is 4.05. The zero-order chi connectivity index (χ0) is 16.8. The van der Waals surface area contributed by atoms with Crippen molar-refractivity contribution in [3.63, 3.8) is 0 Å². The fraction of sp³-hybridized carbons (Fsp3) is 0.500. The molecule has 0 saturated carbocycles. The van der Waals surface area contributed by atoms with Crippen molar-refractivity contribution in [1.82, 2.24) is 5.32 Å². The molecular formula is C14H22N2O5S. The van der Waals surface area contributed by atoms with Crippen LogP contribution >= 0.6 is 0 Å². The molecule has 0 saturated heterocycles. The number of ether oxygens (including phenoxy) is 2. The quantitative estimate of drug-likeness (QED) is 0.703. The Morgan fingerprint density at radius 3 is 2.55 bits per heavy atom. The minimum atomic E-state index is -3.63. The number of nitrogens with zero attached hydrogens (tertiary/aromatic N) is 1. The summed E-state index contributed by atoms with van der Waals surface area (Å²) >= 11 is 0. The Labute approximate surface area is 131 Å². The smallest absolute Gasteiger partial charge is 0.240 e. The van der Waals surface area contributed by atoms with Crippen LogP contribution in [-0.2, 0) is 19.6 Å². The maximum absolute atomic E-state index is 12.0. The van der Waals surface area contributed by atoms with E-state index in [-0.39, 0.29) is 6.54 Å². The van der Waals surface area contributed by atoms with Crippen molar-refractivity contribution < 1.29 is 22.7 Å². The zero-order valence-corrected chi connectivity index (χ0v) is 14.1. The summed E-state index contributed by atoms with van der Waals surface area (Å²) in [6, 6.07) is 5.15. The van der Waals surface area contributed by atoms with Crippen molar-refractivity contribution in [3.8, 4) is 5.75 Å². The molecule has 0 aliphatic rings. The van der Waals surface area contributed by atoms with Crippen molar-refractivity contribution in [3.05, 3.63) is 23.8 Å². The third-order valence-electron chi connectivity index (χ3n) is 2.92. The molecule has 0 atom stereocenters. The second-order valence-electron chi connectivity index (χ2n) is 4.79. The predicted molar refractivity (Wildman–Crippen MR) is 84.8 cm³/mol. The van der Waals surface area contributed by atoms with E-state index < -0.39 is 15.9 Å². The first-order valence-electron chi connectivity index (χ1n) is 6.67. The van der Waals surface area contributed by atoms with Crippen molar-refractivity contribution in [2.45, 2.75) is 6.92 Å². The first-order chi connectivity index (χ1) is 10.3. The molecule has 0 spiro atoms. The molecule has 0 aliphatic heterocycles. The fourth-order valence-electron chi connectivity index (χ4n) is 1.85. The molecule has 0 fully saturated rings. The molecule has 7 nitrogen and oxygen atoms in total. The number of methoxy groups -OCH3 is 2. The average molecular weight is 330 g/mol. The maximum atomic E-state index is 12.0. The van der Waals surface area contributed by atoms with Gasteiger partial charge in [0.15, 0.2) is 0 Å². The summed E-state index contributed by atoms with van der Waals surface area (Å²) in [5.41, 5.74) is 1.20. The lowest BCUT2D eigenvalue weighted by molar-refractivity contribution is -0.119. The summed E-state index contributed by atoms with van der Waals surface area (Å²) in [5.74, 6) is -0.0215. The Balaban J connectivity index is 3.05. The highest BCUT2D eigenvalue weighted by atomic mass is 32.2. The van der Waals surface area contributed by atoms with E-state index >= 15 is 0 Å². The van der Waals surface area contributed by atoms with E-state index in [2.05, 4.69) is 5.32 Å². The van der Waals surface area contributed by atoms with Crippen molar-refractivity contribution in [2.24, 2.45) is 0 Å². The monoisotopic (exact) mass is 330 g/mol. The highest BCUT2D eigenvalue weighted by molar-refractivity contribution is 7.92. The Bertz CT molecular complexity index is 616. The van der Waals surface area contributed by atoms with E-state index in [0.29, 0.717) is 24.6 Å². The maximum Gasteiger partial charge on any atom is 0.240 e. The molecule has 1 rings (SSSR count). The first kappa shape index (κ1) is 18.2. The minimum absolute atomic E-state index is 0.317. The molecule has 1 amide bonds. The number of rotatable bonds is 8. The van der Waals surface area contributed by atoms with E-state index in [0.717, 1.165) is 16.1 Å². The van der Waals surface area contributed by atoms with Gasteiger partial charge in [-0.15, -0.1) is 0 Å². The molecule has 0 aliphatic carbocycles. The Hall–Kier alpha value is -1.80. The molecular weight excluding hydrogens is 308 g/mol. The van der Waals surface area contributed by atoms with Crippen LogP contribution in [0.25, 0.3) is 0 Å². The second kappa shape index (κ2) is 8.00. The number of hydrogen-bond acceptors (Lipinski definition) is 5. The number of anilines is 1. The molecule has 22 heavy (non-hydrogen) atoms. The molecule has 0 heterocycles. The molecule has 1 aromatic rings. The highest BCUT2D eigenvalue weighted by Crippen LogP contribution is 2.30. The summed E-state index contributed by atoms with van der Waals surface area (Å²) in [6.07, 6.45) is 1.05. The second-order valence-corrected chi connectivity index (χ2v) is 6.69. The highest BCUT2D eigenvalue weighted by Gasteiger charge is 2.23. The van der Waals surface area contributed by atoms with Gasteiger partial charge in [-0.05, 0) is 24.6 Å². The van der Waals surface area contributed by atoms with Gasteiger partial charge in [0.2, 0.25) is 15.9 Å². The largest absolute Gasteiger partial charge is 0.495 e. The summed E-state index contributed by atoms with van der Waals surface area (Å²) in [5, 5.41) is 2.60. The van der Waals surface area contributed by atoms with Crippen LogP contribution in [0.5, 0.6) is 5.75 Å². The topological polar surface area (TPSA) is 84.9 Å². The van der Waals surface area contributed by atoms with Gasteiger partial charge in [0, 0.05) is 13.7 Å². The Morgan fingerprint density at radius 1 is 1.32 bits per heavy atom. The number of sulfonamides is 1. The molecule has 8 heteroatoms. The zero-order valence-electron chi connectivity index (χ0n) is 13.3. The lowest BCUT2D eigenvalue weighted by atomic mass is 10.2. The number of nitrogens with one attached hydrogen (secondary N) is 1. The van der Waals surface area contributed by atoms with Gasteiger partial charge in [0.1, 0.15) is 12.3 Å². The van der Waals surface area contributed by atoms with E-state index in [1.54, 1.807) is 18.2 Å². The van der Waals surface area contributed by atoms with Crippen LogP contribution in [0.1, 0.15) is 5.56 Å². The molecule has 0 radical (unpaired) electrons. The van der Waals surface area contributed by atoms with Gasteiger partial charge < -0.3 is 14.8 Å². The van der Waals surface area contributed by atoms with Gasteiger partial charge in [-0.2, -0.15) is 0 Å². The number of benzene rings is 1. The lowest BCUT2D eigenvalue weighted by Gasteiger charge is -2.24. The van der Waals surface area contributed by atoms with Crippen LogP contribution in [0, 0.1) is 6.92 Å². The summed E-state index contributed by atoms with van der Waals surface area (Å²) in [7, 11) is -0.660. The summed E-state index contributed by atoms with van der Waals surface area (Å²) < 4.78 is 35.1. The molecule has 0 bridgehead atoms. The van der Waals surface area contributed by atoms with E-state index in [1.165, 1.54) is 14.2 Å². The van der Waals surface area contributed by atoms with Crippen LogP contribution in [0.3, 0.4) is 0 Å². The number of hydrogen-bond donors (Lipinski definition) is 1. The Morgan fingerprint density at radius 2 is 2.00 bits per heavy atom. The molecule has 124 valence electrons. The number of carbonyl (C=O) groups is 1. The van der Waals surface area contributed by atoms with E-state index in [1.807, 2.05) is 6.92 Å². The van der Waals surface area contributed by atoms with Crippen molar-refractivity contribution in [1.29, 1.82) is 0 Å². The summed E-state index contributed by atoms with van der Waals surface area (Å²) in [4.78, 5) is 11.9. The molecule has 1 N–H and O–H groups in total. The van der Waals surface area contributed by atoms with Crippen molar-refractivity contribution >= 4 is 21.6 Å². The standard InChI is InChI=1S/C14H22N2O5S/c1-11-5-6-13(21-3)12(9-11)16(22(4,18)19)10-14(17)15-7-8-20-2/h5-6,9H,7-8,10H2,1-4H3,(H,15,17). The van der Waals surface area contributed by atoms with Gasteiger partial charge in [-0.3, -0.25) is 9.10 Å². The van der Waals surface area contributed by atoms with Crippen molar-refractivity contribution in [2.75, 3.05) is 44.5 Å². The van der Waals surface area contributed by atoms with Crippen LogP contribution in [0.4, 0.5) is 5.69 Å². The molecule has 0 unspecified atom stereocenters. The Kier molecular flexibility index (Phi) is 6.63. The number of carbonyl (C=O) groups excluding carboxylic acids is 1. The van der Waals surface area contributed by atoms with Gasteiger partial charge in [0.05, 0.1) is 25.7 Å². The lowest BCUT2D eigenvalue weighted by Crippen LogP contribution is -2.41. The van der Waals surface area contributed by atoms with Gasteiger partial charge in [0.25, 0.3) is 0 Å². The van der Waals surface area contributed by atoms with Crippen LogP contribution in [0.15, 0.2) is 18.2 Å². The number of amides is 1. The van der Waals surface area contributed by atoms with Crippen LogP contribution in [-0.4, -0.2) is 54.5 Å². The molecule has 1 aromatic carbocycles. The van der Waals surface area contributed by atoms with E-state index in [9.17, 15) is 13.2 Å². The van der Waals surface area contributed by atoms with Gasteiger partial charge in [-0.1, -0.05) is 6.07 Å². The SMILES string of the molecule is COCCNC(=O)CN(c1cc(C)ccc1OC)S(C)(=O)=O.